The Labute approximate surface area is 93.5 Å². The molecule has 0 saturated carbocycles. The largest absolute Gasteiger partial charge is 0.372 e. The minimum atomic E-state index is 0.274. The van der Waals surface area contributed by atoms with E-state index in [2.05, 4.69) is 34.3 Å². The van der Waals surface area contributed by atoms with E-state index in [4.69, 9.17) is 11.6 Å². The minimum Gasteiger partial charge on any atom is -0.372 e. The van der Waals surface area contributed by atoms with Gasteiger partial charge < -0.3 is 5.32 Å². The maximum atomic E-state index is 5.81. The second kappa shape index (κ2) is 4.03. The van der Waals surface area contributed by atoms with E-state index in [1.807, 2.05) is 13.1 Å². The van der Waals surface area contributed by atoms with Crippen LogP contribution in [0.25, 0.3) is 10.9 Å². The zero-order chi connectivity index (χ0) is 10.8. The van der Waals surface area contributed by atoms with E-state index < -0.39 is 0 Å². The zero-order valence-corrected chi connectivity index (χ0v) is 9.47. The van der Waals surface area contributed by atoms with Gasteiger partial charge in [-0.2, -0.15) is 0 Å². The van der Waals surface area contributed by atoms with Crippen molar-refractivity contribution < 1.29 is 0 Å². The van der Waals surface area contributed by atoms with Gasteiger partial charge in [-0.05, 0) is 35.7 Å². The molecule has 1 aromatic heterocycles. The summed E-state index contributed by atoms with van der Waals surface area (Å²) >= 11 is 5.81. The predicted molar refractivity (Wildman–Crippen MR) is 63.5 cm³/mol. The van der Waals surface area contributed by atoms with Crippen LogP contribution in [0, 0.1) is 0 Å². The molecule has 78 valence electrons. The van der Waals surface area contributed by atoms with Crippen LogP contribution in [0.2, 0.25) is 5.28 Å². The molecule has 3 nitrogen and oxygen atoms in total. The van der Waals surface area contributed by atoms with Crippen molar-refractivity contribution in [1.29, 1.82) is 0 Å². The van der Waals surface area contributed by atoms with Gasteiger partial charge in [-0.3, -0.25) is 0 Å². The third-order valence-electron chi connectivity index (χ3n) is 2.38. The summed E-state index contributed by atoms with van der Waals surface area (Å²) in [7, 11) is 1.83. The Morgan fingerprint density at radius 2 is 2.13 bits per heavy atom. The van der Waals surface area contributed by atoms with Crippen LogP contribution < -0.4 is 5.32 Å². The Morgan fingerprint density at radius 3 is 2.80 bits per heavy atom. The predicted octanol–water partition coefficient (Wildman–Crippen LogP) is 2.89. The summed E-state index contributed by atoms with van der Waals surface area (Å²) in [5.41, 5.74) is 2.14. The molecule has 0 aliphatic carbocycles. The standard InChI is InChI=1S/C11H12ClN3/c1-3-7-4-5-9-8(6-7)10(13-2)15-11(12)14-9/h4-6H,3H2,1-2H3,(H,13,14,15). The number of aromatic nitrogens is 2. The van der Waals surface area contributed by atoms with Gasteiger partial charge in [0, 0.05) is 12.4 Å². The van der Waals surface area contributed by atoms with E-state index in [9.17, 15) is 0 Å². The maximum absolute atomic E-state index is 5.81. The number of anilines is 1. The number of benzene rings is 1. The van der Waals surface area contributed by atoms with E-state index in [1.165, 1.54) is 5.56 Å². The Balaban J connectivity index is 2.73. The van der Waals surface area contributed by atoms with Crippen LogP contribution in [0.3, 0.4) is 0 Å². The van der Waals surface area contributed by atoms with Gasteiger partial charge in [0.25, 0.3) is 0 Å². The molecule has 15 heavy (non-hydrogen) atoms. The minimum absolute atomic E-state index is 0.274. The van der Waals surface area contributed by atoms with E-state index >= 15 is 0 Å². The molecule has 0 saturated heterocycles. The Bertz CT molecular complexity index is 496. The molecule has 0 fully saturated rings. The van der Waals surface area contributed by atoms with Crippen LogP contribution >= 0.6 is 11.6 Å². The van der Waals surface area contributed by atoms with Crippen LogP contribution in [0.5, 0.6) is 0 Å². The number of rotatable bonds is 2. The highest BCUT2D eigenvalue weighted by Gasteiger charge is 2.05. The van der Waals surface area contributed by atoms with E-state index in [-0.39, 0.29) is 5.28 Å². The van der Waals surface area contributed by atoms with Gasteiger partial charge in [0.2, 0.25) is 5.28 Å². The second-order valence-corrected chi connectivity index (χ2v) is 3.63. The molecule has 0 aliphatic rings. The monoisotopic (exact) mass is 221 g/mol. The Kier molecular flexibility index (Phi) is 2.73. The molecule has 0 unspecified atom stereocenters. The van der Waals surface area contributed by atoms with Crippen LogP contribution in [-0.2, 0) is 6.42 Å². The van der Waals surface area contributed by atoms with Gasteiger partial charge in [-0.15, -0.1) is 0 Å². The summed E-state index contributed by atoms with van der Waals surface area (Å²) in [6.45, 7) is 2.12. The normalized spacial score (nSPS) is 10.6. The van der Waals surface area contributed by atoms with Gasteiger partial charge in [0.15, 0.2) is 0 Å². The quantitative estimate of drug-likeness (QED) is 0.793. The first-order valence-electron chi connectivity index (χ1n) is 4.88. The summed E-state index contributed by atoms with van der Waals surface area (Å²) in [6.07, 6.45) is 1.00. The number of nitrogens with one attached hydrogen (secondary N) is 1. The van der Waals surface area contributed by atoms with Crippen LogP contribution in [-0.4, -0.2) is 17.0 Å². The fraction of sp³-hybridized carbons (Fsp3) is 0.273. The summed E-state index contributed by atoms with van der Waals surface area (Å²) < 4.78 is 0. The summed E-state index contributed by atoms with van der Waals surface area (Å²) in [5, 5.41) is 4.32. The van der Waals surface area contributed by atoms with Crippen molar-refractivity contribution >= 4 is 28.3 Å². The molecule has 2 aromatic rings. The first-order chi connectivity index (χ1) is 7.24. The lowest BCUT2D eigenvalue weighted by Crippen LogP contribution is -1.96. The van der Waals surface area contributed by atoms with Gasteiger partial charge in [-0.1, -0.05) is 13.0 Å². The van der Waals surface area contributed by atoms with Crippen LogP contribution in [0.1, 0.15) is 12.5 Å². The van der Waals surface area contributed by atoms with E-state index in [1.54, 1.807) is 0 Å². The van der Waals surface area contributed by atoms with Crippen molar-refractivity contribution in [3.63, 3.8) is 0 Å². The van der Waals surface area contributed by atoms with Crippen molar-refractivity contribution in [3.8, 4) is 0 Å². The lowest BCUT2D eigenvalue weighted by molar-refractivity contribution is 1.14. The molecule has 0 bridgehead atoms. The Hall–Kier alpha value is -1.35. The fourth-order valence-electron chi connectivity index (χ4n) is 1.56. The van der Waals surface area contributed by atoms with Gasteiger partial charge in [0.05, 0.1) is 5.52 Å². The topological polar surface area (TPSA) is 37.8 Å². The first-order valence-corrected chi connectivity index (χ1v) is 5.26. The van der Waals surface area contributed by atoms with Gasteiger partial charge >= 0.3 is 0 Å². The van der Waals surface area contributed by atoms with Crippen molar-refractivity contribution in [1.82, 2.24) is 9.97 Å². The number of hydrogen-bond donors (Lipinski definition) is 1. The van der Waals surface area contributed by atoms with Crippen molar-refractivity contribution in [3.05, 3.63) is 29.0 Å². The molecular weight excluding hydrogens is 210 g/mol. The van der Waals surface area contributed by atoms with E-state index in [0.717, 1.165) is 23.1 Å². The highest BCUT2D eigenvalue weighted by molar-refractivity contribution is 6.28. The highest BCUT2D eigenvalue weighted by Crippen LogP contribution is 2.23. The first kappa shape index (κ1) is 10.2. The Morgan fingerprint density at radius 1 is 1.33 bits per heavy atom. The number of fused-ring (bicyclic) bond motifs is 1. The lowest BCUT2D eigenvalue weighted by Gasteiger charge is -2.06. The van der Waals surface area contributed by atoms with E-state index in [0.29, 0.717) is 0 Å². The molecule has 0 atom stereocenters. The molecule has 4 heteroatoms. The average molecular weight is 222 g/mol. The summed E-state index contributed by atoms with van der Waals surface area (Å²) in [4.78, 5) is 8.31. The number of nitrogens with zero attached hydrogens (tertiary/aromatic N) is 2. The molecule has 0 aliphatic heterocycles. The summed E-state index contributed by atoms with van der Waals surface area (Å²) in [5.74, 6) is 0.778. The lowest BCUT2D eigenvalue weighted by atomic mass is 10.1. The second-order valence-electron chi connectivity index (χ2n) is 3.30. The van der Waals surface area contributed by atoms with Gasteiger partial charge in [-0.25, -0.2) is 9.97 Å². The van der Waals surface area contributed by atoms with Crippen LogP contribution in [0.4, 0.5) is 5.82 Å². The maximum Gasteiger partial charge on any atom is 0.224 e. The molecule has 0 spiro atoms. The fourth-order valence-corrected chi connectivity index (χ4v) is 1.73. The molecule has 0 radical (unpaired) electrons. The molecular formula is C11H12ClN3. The summed E-state index contributed by atoms with van der Waals surface area (Å²) in [6, 6.07) is 6.13. The molecule has 1 aromatic carbocycles. The van der Waals surface area contributed by atoms with Crippen molar-refractivity contribution in [2.24, 2.45) is 0 Å². The molecule has 0 amide bonds. The SMILES string of the molecule is CCc1ccc2nc(Cl)nc(NC)c2c1. The third-order valence-corrected chi connectivity index (χ3v) is 2.55. The third kappa shape index (κ3) is 1.88. The zero-order valence-electron chi connectivity index (χ0n) is 8.71. The van der Waals surface area contributed by atoms with Crippen LogP contribution in [0.15, 0.2) is 18.2 Å². The average Bonchev–Trinajstić information content (AvgIpc) is 2.27. The number of aryl methyl sites for hydroxylation is 1. The molecule has 1 heterocycles. The number of hydrogen-bond acceptors (Lipinski definition) is 3. The van der Waals surface area contributed by atoms with Crippen molar-refractivity contribution in [2.75, 3.05) is 12.4 Å². The molecule has 2 rings (SSSR count). The van der Waals surface area contributed by atoms with Crippen molar-refractivity contribution in [2.45, 2.75) is 13.3 Å². The smallest absolute Gasteiger partial charge is 0.224 e. The number of halogens is 1. The molecule has 1 N–H and O–H groups in total. The van der Waals surface area contributed by atoms with Gasteiger partial charge in [0.1, 0.15) is 5.82 Å². The highest BCUT2D eigenvalue weighted by atomic mass is 35.5.